The Morgan fingerprint density at radius 1 is 1.41 bits per heavy atom. The lowest BCUT2D eigenvalue weighted by Crippen LogP contribution is -2.34. The van der Waals surface area contributed by atoms with Crippen LogP contribution < -0.4 is 5.32 Å². The largest absolute Gasteiger partial charge is 0.389 e. The number of ether oxygens (including phenoxy) is 1. The zero-order valence-electron chi connectivity index (χ0n) is 10.6. The monoisotopic (exact) mass is 238 g/mol. The quantitative estimate of drug-likeness (QED) is 0.663. The highest BCUT2D eigenvalue weighted by Gasteiger charge is 2.04. The fourth-order valence-electron chi connectivity index (χ4n) is 1.37. The van der Waals surface area contributed by atoms with Gasteiger partial charge in [-0.15, -0.1) is 0 Å². The van der Waals surface area contributed by atoms with E-state index in [0.29, 0.717) is 25.8 Å². The first kappa shape index (κ1) is 14.1. The summed E-state index contributed by atoms with van der Waals surface area (Å²) in [6.45, 7) is 5.63. The third-order valence-electron chi connectivity index (χ3n) is 2.30. The first-order valence-electron chi connectivity index (χ1n) is 6.07. The summed E-state index contributed by atoms with van der Waals surface area (Å²) in [7, 11) is 0. The summed E-state index contributed by atoms with van der Waals surface area (Å²) in [6, 6.07) is 6.22. The lowest BCUT2D eigenvalue weighted by molar-refractivity contribution is 0.0372. The van der Waals surface area contributed by atoms with Crippen LogP contribution in [0, 0.1) is 0 Å². The maximum absolute atomic E-state index is 9.59. The van der Waals surface area contributed by atoms with Gasteiger partial charge < -0.3 is 15.2 Å². The standard InChI is InChI=1S/C13H22N2O2/c1-11(2)15-9-13(16)10-17-8-6-12-5-3-4-7-14-12/h3-5,7,11,13,15-16H,6,8-10H2,1-2H3. The van der Waals surface area contributed by atoms with Crippen LogP contribution in [0.5, 0.6) is 0 Å². The van der Waals surface area contributed by atoms with E-state index < -0.39 is 6.10 Å². The number of aliphatic hydroxyl groups excluding tert-OH is 1. The second kappa shape index (κ2) is 8.17. The Kier molecular flexibility index (Phi) is 6.77. The van der Waals surface area contributed by atoms with Crippen molar-refractivity contribution in [1.82, 2.24) is 10.3 Å². The van der Waals surface area contributed by atoms with Crippen LogP contribution in [0.3, 0.4) is 0 Å². The fraction of sp³-hybridized carbons (Fsp3) is 0.615. The summed E-state index contributed by atoms with van der Waals surface area (Å²) in [4.78, 5) is 4.20. The zero-order valence-corrected chi connectivity index (χ0v) is 10.6. The molecule has 0 spiro atoms. The molecule has 0 radical (unpaired) electrons. The molecule has 1 heterocycles. The highest BCUT2D eigenvalue weighted by molar-refractivity contribution is 5.03. The molecule has 0 aliphatic heterocycles. The molecule has 0 aliphatic rings. The molecule has 17 heavy (non-hydrogen) atoms. The minimum absolute atomic E-state index is 0.368. The average Bonchev–Trinajstić information content (AvgIpc) is 2.33. The normalized spacial score (nSPS) is 12.9. The Morgan fingerprint density at radius 3 is 2.88 bits per heavy atom. The van der Waals surface area contributed by atoms with Gasteiger partial charge in [0.15, 0.2) is 0 Å². The molecule has 1 rings (SSSR count). The minimum atomic E-state index is -0.443. The Bertz CT molecular complexity index is 291. The van der Waals surface area contributed by atoms with Gasteiger partial charge in [-0.2, -0.15) is 0 Å². The predicted octanol–water partition coefficient (Wildman–Crippen LogP) is 1.000. The van der Waals surface area contributed by atoms with Gasteiger partial charge in [0.2, 0.25) is 0 Å². The molecule has 1 unspecified atom stereocenters. The van der Waals surface area contributed by atoms with Crippen molar-refractivity contribution in [1.29, 1.82) is 0 Å². The molecule has 0 bridgehead atoms. The van der Waals surface area contributed by atoms with E-state index >= 15 is 0 Å². The molecule has 0 saturated carbocycles. The van der Waals surface area contributed by atoms with Crippen molar-refractivity contribution in [3.05, 3.63) is 30.1 Å². The molecule has 0 aliphatic carbocycles. The second-order valence-electron chi connectivity index (χ2n) is 4.36. The van der Waals surface area contributed by atoms with E-state index in [0.717, 1.165) is 12.1 Å². The van der Waals surface area contributed by atoms with Crippen LogP contribution in [0.25, 0.3) is 0 Å². The summed E-state index contributed by atoms with van der Waals surface area (Å²) in [5.41, 5.74) is 1.02. The highest BCUT2D eigenvalue weighted by Crippen LogP contribution is 1.95. The molecule has 1 aromatic rings. The summed E-state index contributed by atoms with van der Waals surface area (Å²) in [6.07, 6.45) is 2.11. The molecule has 0 saturated heterocycles. The molecule has 0 fully saturated rings. The number of pyridine rings is 1. The molecule has 96 valence electrons. The van der Waals surface area contributed by atoms with E-state index in [1.54, 1.807) is 6.20 Å². The van der Waals surface area contributed by atoms with Crippen LogP contribution in [-0.2, 0) is 11.2 Å². The Hall–Kier alpha value is -0.970. The number of aromatic nitrogens is 1. The van der Waals surface area contributed by atoms with Crippen LogP contribution in [0.15, 0.2) is 24.4 Å². The maximum Gasteiger partial charge on any atom is 0.0897 e. The SMILES string of the molecule is CC(C)NCC(O)COCCc1ccccn1. The molecule has 0 amide bonds. The highest BCUT2D eigenvalue weighted by atomic mass is 16.5. The predicted molar refractivity (Wildman–Crippen MR) is 67.9 cm³/mol. The van der Waals surface area contributed by atoms with Crippen molar-refractivity contribution in [3.63, 3.8) is 0 Å². The Labute approximate surface area is 103 Å². The van der Waals surface area contributed by atoms with Crippen LogP contribution in [0.4, 0.5) is 0 Å². The van der Waals surface area contributed by atoms with Gasteiger partial charge in [0.05, 0.1) is 19.3 Å². The molecular weight excluding hydrogens is 216 g/mol. The van der Waals surface area contributed by atoms with Gasteiger partial charge in [-0.25, -0.2) is 0 Å². The Morgan fingerprint density at radius 2 is 2.24 bits per heavy atom. The lowest BCUT2D eigenvalue weighted by atomic mass is 10.3. The second-order valence-corrected chi connectivity index (χ2v) is 4.36. The lowest BCUT2D eigenvalue weighted by Gasteiger charge is -2.14. The number of nitrogens with zero attached hydrogens (tertiary/aromatic N) is 1. The van der Waals surface area contributed by atoms with Crippen LogP contribution in [-0.4, -0.2) is 42.0 Å². The van der Waals surface area contributed by atoms with Crippen molar-refractivity contribution in [3.8, 4) is 0 Å². The molecule has 1 atom stereocenters. The Balaban J connectivity index is 2.04. The molecule has 4 heteroatoms. The third-order valence-corrected chi connectivity index (χ3v) is 2.30. The van der Waals surface area contributed by atoms with Gasteiger partial charge in [0, 0.05) is 30.9 Å². The van der Waals surface area contributed by atoms with E-state index in [1.165, 1.54) is 0 Å². The van der Waals surface area contributed by atoms with E-state index in [9.17, 15) is 5.11 Å². The van der Waals surface area contributed by atoms with Crippen molar-refractivity contribution in [2.75, 3.05) is 19.8 Å². The van der Waals surface area contributed by atoms with Gasteiger partial charge in [-0.05, 0) is 12.1 Å². The fourth-order valence-corrected chi connectivity index (χ4v) is 1.37. The van der Waals surface area contributed by atoms with E-state index in [-0.39, 0.29) is 0 Å². The third kappa shape index (κ3) is 7.05. The van der Waals surface area contributed by atoms with Gasteiger partial charge in [-0.1, -0.05) is 19.9 Å². The van der Waals surface area contributed by atoms with Gasteiger partial charge in [-0.3, -0.25) is 4.98 Å². The number of aliphatic hydroxyl groups is 1. The van der Waals surface area contributed by atoms with E-state index in [2.05, 4.69) is 24.1 Å². The van der Waals surface area contributed by atoms with Gasteiger partial charge in [0.1, 0.15) is 0 Å². The summed E-state index contributed by atoms with van der Waals surface area (Å²) in [5.74, 6) is 0. The van der Waals surface area contributed by atoms with Crippen LogP contribution in [0.2, 0.25) is 0 Å². The van der Waals surface area contributed by atoms with Crippen molar-refractivity contribution < 1.29 is 9.84 Å². The number of hydrogen-bond acceptors (Lipinski definition) is 4. The first-order chi connectivity index (χ1) is 8.18. The topological polar surface area (TPSA) is 54.4 Å². The smallest absolute Gasteiger partial charge is 0.0897 e. The summed E-state index contributed by atoms with van der Waals surface area (Å²) >= 11 is 0. The van der Waals surface area contributed by atoms with Crippen LogP contribution >= 0.6 is 0 Å². The van der Waals surface area contributed by atoms with Crippen molar-refractivity contribution in [2.24, 2.45) is 0 Å². The molecular formula is C13H22N2O2. The first-order valence-corrected chi connectivity index (χ1v) is 6.07. The zero-order chi connectivity index (χ0) is 12.5. The molecule has 1 aromatic heterocycles. The average molecular weight is 238 g/mol. The number of hydrogen-bond donors (Lipinski definition) is 2. The molecule has 4 nitrogen and oxygen atoms in total. The molecule has 2 N–H and O–H groups in total. The van der Waals surface area contributed by atoms with E-state index in [4.69, 9.17) is 4.74 Å². The van der Waals surface area contributed by atoms with E-state index in [1.807, 2.05) is 18.2 Å². The number of nitrogens with one attached hydrogen (secondary N) is 1. The minimum Gasteiger partial charge on any atom is -0.389 e. The molecule has 0 aromatic carbocycles. The van der Waals surface area contributed by atoms with Gasteiger partial charge >= 0.3 is 0 Å². The number of rotatable bonds is 8. The van der Waals surface area contributed by atoms with Gasteiger partial charge in [0.25, 0.3) is 0 Å². The summed E-state index contributed by atoms with van der Waals surface area (Å²) < 4.78 is 5.40. The summed E-state index contributed by atoms with van der Waals surface area (Å²) in [5, 5.41) is 12.8. The van der Waals surface area contributed by atoms with Crippen molar-refractivity contribution >= 4 is 0 Å². The maximum atomic E-state index is 9.59. The van der Waals surface area contributed by atoms with Crippen LogP contribution in [0.1, 0.15) is 19.5 Å². The van der Waals surface area contributed by atoms with Crippen molar-refractivity contribution in [2.45, 2.75) is 32.4 Å².